The molecule has 4 heteroatoms. The van der Waals surface area contributed by atoms with Crippen molar-refractivity contribution in [2.75, 3.05) is 25.5 Å². The van der Waals surface area contributed by atoms with Crippen molar-refractivity contribution < 1.29 is 0 Å². The van der Waals surface area contributed by atoms with Gasteiger partial charge in [0.25, 0.3) is 0 Å². The Morgan fingerprint density at radius 3 is 2.57 bits per heavy atom. The van der Waals surface area contributed by atoms with Crippen LogP contribution >= 0.6 is 11.6 Å². The lowest BCUT2D eigenvalue weighted by Gasteiger charge is -2.22. The van der Waals surface area contributed by atoms with Gasteiger partial charge in [-0.1, -0.05) is 17.7 Å². The maximum atomic E-state index is 6.43. The Morgan fingerprint density at radius 1 is 1.24 bits per heavy atom. The van der Waals surface area contributed by atoms with E-state index in [-0.39, 0.29) is 0 Å². The van der Waals surface area contributed by atoms with Gasteiger partial charge in [-0.25, -0.2) is 0 Å². The molecule has 2 aromatic rings. The first-order valence-electron chi connectivity index (χ1n) is 7.18. The first kappa shape index (κ1) is 15.8. The molecule has 1 atom stereocenters. The number of rotatable bonds is 6. The SMILES string of the molecule is CNC(C)c1ccc(N(C)CCc2ccncc2)c(Cl)c1. The average Bonchev–Trinajstić information content (AvgIpc) is 2.52. The number of hydrogen-bond acceptors (Lipinski definition) is 3. The number of pyridine rings is 1. The summed E-state index contributed by atoms with van der Waals surface area (Å²) in [7, 11) is 4.02. The van der Waals surface area contributed by atoms with Gasteiger partial charge >= 0.3 is 0 Å². The second-order valence-electron chi connectivity index (χ2n) is 5.25. The third kappa shape index (κ3) is 4.19. The fourth-order valence-corrected chi connectivity index (χ4v) is 2.57. The smallest absolute Gasteiger partial charge is 0.0642 e. The van der Waals surface area contributed by atoms with Crippen LogP contribution in [0.1, 0.15) is 24.1 Å². The standard InChI is InChI=1S/C17H22ClN3/c1-13(19-2)15-4-5-17(16(18)12-15)21(3)11-8-14-6-9-20-10-7-14/h4-7,9-10,12-13,19H,8,11H2,1-3H3. The third-order valence-electron chi connectivity index (χ3n) is 3.80. The van der Waals surface area contributed by atoms with E-state index >= 15 is 0 Å². The molecule has 0 aliphatic rings. The van der Waals surface area contributed by atoms with Crippen molar-refractivity contribution in [3.63, 3.8) is 0 Å². The van der Waals surface area contributed by atoms with E-state index in [0.717, 1.165) is 23.7 Å². The highest BCUT2D eigenvalue weighted by Gasteiger charge is 2.09. The van der Waals surface area contributed by atoms with Crippen LogP contribution in [0.15, 0.2) is 42.7 Å². The summed E-state index contributed by atoms with van der Waals surface area (Å²) < 4.78 is 0. The van der Waals surface area contributed by atoms with Crippen LogP contribution in [0, 0.1) is 0 Å². The van der Waals surface area contributed by atoms with Gasteiger partial charge in [0.15, 0.2) is 0 Å². The third-order valence-corrected chi connectivity index (χ3v) is 4.10. The minimum Gasteiger partial charge on any atom is -0.373 e. The molecule has 1 aromatic carbocycles. The Kier molecular flexibility index (Phi) is 5.59. The molecule has 0 bridgehead atoms. The first-order valence-corrected chi connectivity index (χ1v) is 7.56. The second kappa shape index (κ2) is 7.43. The minimum absolute atomic E-state index is 0.304. The summed E-state index contributed by atoms with van der Waals surface area (Å²) in [5.74, 6) is 0. The largest absolute Gasteiger partial charge is 0.373 e. The van der Waals surface area contributed by atoms with E-state index in [1.807, 2.05) is 37.6 Å². The molecule has 0 aliphatic heterocycles. The number of anilines is 1. The van der Waals surface area contributed by atoms with Crippen LogP contribution in [-0.2, 0) is 6.42 Å². The summed E-state index contributed by atoms with van der Waals surface area (Å²) in [6.07, 6.45) is 4.64. The zero-order valence-corrected chi connectivity index (χ0v) is 13.6. The number of halogens is 1. The molecule has 3 nitrogen and oxygen atoms in total. The molecule has 21 heavy (non-hydrogen) atoms. The number of nitrogens with zero attached hydrogens (tertiary/aromatic N) is 2. The van der Waals surface area contributed by atoms with E-state index in [0.29, 0.717) is 6.04 Å². The predicted octanol–water partition coefficient (Wildman–Crippen LogP) is 3.69. The molecule has 1 N–H and O–H groups in total. The van der Waals surface area contributed by atoms with Crippen molar-refractivity contribution in [2.24, 2.45) is 0 Å². The lowest BCUT2D eigenvalue weighted by molar-refractivity contribution is 0.652. The number of nitrogens with one attached hydrogen (secondary N) is 1. The Morgan fingerprint density at radius 2 is 1.95 bits per heavy atom. The van der Waals surface area contributed by atoms with E-state index in [1.165, 1.54) is 11.1 Å². The van der Waals surface area contributed by atoms with Crippen molar-refractivity contribution >= 4 is 17.3 Å². The van der Waals surface area contributed by atoms with E-state index in [2.05, 4.69) is 41.3 Å². The zero-order valence-electron chi connectivity index (χ0n) is 12.8. The summed E-state index contributed by atoms with van der Waals surface area (Å²) in [4.78, 5) is 6.23. The predicted molar refractivity (Wildman–Crippen MR) is 90.1 cm³/mol. The van der Waals surface area contributed by atoms with E-state index < -0.39 is 0 Å². The van der Waals surface area contributed by atoms with E-state index in [1.54, 1.807) is 0 Å². The van der Waals surface area contributed by atoms with Crippen LogP contribution in [-0.4, -0.2) is 25.6 Å². The monoisotopic (exact) mass is 303 g/mol. The topological polar surface area (TPSA) is 28.2 Å². The fraction of sp³-hybridized carbons (Fsp3) is 0.353. The van der Waals surface area contributed by atoms with Gasteiger partial charge in [0.05, 0.1) is 10.7 Å². The molecule has 0 amide bonds. The van der Waals surface area contributed by atoms with Crippen molar-refractivity contribution in [1.82, 2.24) is 10.3 Å². The molecule has 0 aliphatic carbocycles. The quantitative estimate of drug-likeness (QED) is 0.882. The lowest BCUT2D eigenvalue weighted by Crippen LogP contribution is -2.21. The molecule has 0 fully saturated rings. The van der Waals surface area contributed by atoms with Crippen LogP contribution in [0.25, 0.3) is 0 Å². The summed E-state index contributed by atoms with van der Waals surface area (Å²) in [5.41, 5.74) is 3.56. The molecular formula is C17H22ClN3. The highest BCUT2D eigenvalue weighted by atomic mass is 35.5. The molecule has 1 aromatic heterocycles. The van der Waals surface area contributed by atoms with Crippen molar-refractivity contribution in [3.05, 3.63) is 58.9 Å². The number of likely N-dealkylation sites (N-methyl/N-ethyl adjacent to an activating group) is 1. The molecule has 0 saturated carbocycles. The average molecular weight is 304 g/mol. The highest BCUT2D eigenvalue weighted by molar-refractivity contribution is 6.33. The maximum Gasteiger partial charge on any atom is 0.0642 e. The normalized spacial score (nSPS) is 12.2. The fourth-order valence-electron chi connectivity index (χ4n) is 2.24. The molecule has 1 heterocycles. The Labute approximate surface area is 132 Å². The molecular weight excluding hydrogens is 282 g/mol. The van der Waals surface area contributed by atoms with Gasteiger partial charge in [-0.05, 0) is 55.8 Å². The Hall–Kier alpha value is -1.58. The van der Waals surface area contributed by atoms with Gasteiger partial charge in [0, 0.05) is 32.0 Å². The van der Waals surface area contributed by atoms with Gasteiger partial charge in [-0.2, -0.15) is 0 Å². The minimum atomic E-state index is 0.304. The highest BCUT2D eigenvalue weighted by Crippen LogP contribution is 2.28. The summed E-state index contributed by atoms with van der Waals surface area (Å²) in [6.45, 7) is 3.04. The Bertz CT molecular complexity index is 572. The van der Waals surface area contributed by atoms with Crippen LogP contribution in [0.5, 0.6) is 0 Å². The van der Waals surface area contributed by atoms with Crippen LogP contribution in [0.2, 0.25) is 5.02 Å². The summed E-state index contributed by atoms with van der Waals surface area (Å²) in [6, 6.07) is 10.7. The molecule has 2 rings (SSSR count). The number of aromatic nitrogens is 1. The van der Waals surface area contributed by atoms with Gasteiger partial charge in [-0.15, -0.1) is 0 Å². The molecule has 1 unspecified atom stereocenters. The Balaban J connectivity index is 2.04. The van der Waals surface area contributed by atoms with Gasteiger partial charge in [0.1, 0.15) is 0 Å². The van der Waals surface area contributed by atoms with Crippen LogP contribution < -0.4 is 10.2 Å². The summed E-state index contributed by atoms with van der Waals surface area (Å²) in [5, 5.41) is 4.02. The van der Waals surface area contributed by atoms with Gasteiger partial charge in [-0.3, -0.25) is 4.98 Å². The van der Waals surface area contributed by atoms with E-state index in [9.17, 15) is 0 Å². The van der Waals surface area contributed by atoms with E-state index in [4.69, 9.17) is 11.6 Å². The number of hydrogen-bond donors (Lipinski definition) is 1. The van der Waals surface area contributed by atoms with Crippen molar-refractivity contribution in [2.45, 2.75) is 19.4 Å². The maximum absolute atomic E-state index is 6.43. The molecule has 0 radical (unpaired) electrons. The molecule has 0 spiro atoms. The van der Waals surface area contributed by atoms with Gasteiger partial charge < -0.3 is 10.2 Å². The second-order valence-corrected chi connectivity index (χ2v) is 5.66. The van der Waals surface area contributed by atoms with Crippen LogP contribution in [0.3, 0.4) is 0 Å². The number of benzene rings is 1. The van der Waals surface area contributed by atoms with Crippen LogP contribution in [0.4, 0.5) is 5.69 Å². The van der Waals surface area contributed by atoms with Crippen molar-refractivity contribution in [1.29, 1.82) is 0 Å². The first-order chi connectivity index (χ1) is 10.1. The molecule has 112 valence electrons. The van der Waals surface area contributed by atoms with Gasteiger partial charge in [0.2, 0.25) is 0 Å². The van der Waals surface area contributed by atoms with Crippen molar-refractivity contribution in [3.8, 4) is 0 Å². The summed E-state index contributed by atoms with van der Waals surface area (Å²) >= 11 is 6.43. The molecule has 0 saturated heterocycles. The zero-order chi connectivity index (χ0) is 15.2. The lowest BCUT2D eigenvalue weighted by atomic mass is 10.1.